The van der Waals surface area contributed by atoms with E-state index in [0.29, 0.717) is 0 Å². The monoisotopic (exact) mass is 490 g/mol. The summed E-state index contributed by atoms with van der Waals surface area (Å²) in [5, 5.41) is 19.0. The average Bonchev–Trinajstić information content (AvgIpc) is 1.97. The molecule has 17 heavy (non-hydrogen) atoms. The number of amides is 1. The fourth-order valence-electron chi connectivity index (χ4n) is 0.825. The fourth-order valence-corrected chi connectivity index (χ4v) is 0.825. The Labute approximate surface area is 92.4 Å². The minimum atomic E-state index is -1.49. The zero-order valence-corrected chi connectivity index (χ0v) is 12.0. The number of alkyl carbamates (subject to hydrolysis) is 1. The second-order valence-corrected chi connectivity index (χ2v) is 4.13. The molecule has 3 N–H and O–H groups in total. The molecule has 104 valence electrons. The van der Waals surface area contributed by atoms with E-state index >= 15 is 0 Å². The second-order valence-electron chi connectivity index (χ2n) is 4.13. The molecule has 0 aromatic carbocycles. The summed E-state index contributed by atoms with van der Waals surface area (Å²) in [7, 11) is 0. The Hall–Kier alpha value is -2.79. The molecule has 8 heteroatoms. The Morgan fingerprint density at radius 3 is 2.00 bits per heavy atom. The van der Waals surface area contributed by atoms with Crippen molar-refractivity contribution >= 4 is 18.0 Å². The van der Waals surface area contributed by atoms with E-state index in [4.69, 9.17) is 14.9 Å². The molecule has 1 atom stereocenters. The number of nitrogens with one attached hydrogen (secondary N) is 1. The van der Waals surface area contributed by atoms with E-state index in [0.717, 1.165) is 0 Å². The summed E-state index contributed by atoms with van der Waals surface area (Å²) in [5.41, 5.74) is -0.767. The van der Waals surface area contributed by atoms with Crippen molar-refractivity contribution in [2.24, 2.45) is 0 Å². The first-order valence-electron chi connectivity index (χ1n) is 4.56. The van der Waals surface area contributed by atoms with E-state index in [1.165, 1.54) is 0 Å². The maximum absolute atomic E-state index is 11.2. The van der Waals surface area contributed by atoms with Crippen LogP contribution in [0.15, 0.2) is 0 Å². The van der Waals surface area contributed by atoms with E-state index in [2.05, 4.69) is 0 Å². The Balaban J connectivity index is 0. The van der Waals surface area contributed by atoms with Crippen molar-refractivity contribution in [2.75, 3.05) is 0 Å². The van der Waals surface area contributed by atoms with Gasteiger partial charge in [-0.3, -0.25) is 4.79 Å². The quantitative estimate of drug-likeness (QED) is 0.528. The van der Waals surface area contributed by atoms with Crippen molar-refractivity contribution in [3.63, 3.8) is 0 Å². The Kier molecular flexibility index (Phi) is 5.81. The summed E-state index contributed by atoms with van der Waals surface area (Å²) in [6, 6.07) is -1.49. The summed E-state index contributed by atoms with van der Waals surface area (Å²) in [6.45, 7) is 4.83. The zero-order chi connectivity index (χ0) is 12.9. The summed E-state index contributed by atoms with van der Waals surface area (Å²) in [4.78, 5) is 32.1. The van der Waals surface area contributed by atoms with Gasteiger partial charge in [-0.25, -0.2) is 9.59 Å². The molecule has 0 aliphatic rings. The van der Waals surface area contributed by atoms with Gasteiger partial charge in [0.1, 0.15) is 11.6 Å². The Bertz CT molecular complexity index is 298. The van der Waals surface area contributed by atoms with Gasteiger partial charge in [0.15, 0.2) is 0 Å². The van der Waals surface area contributed by atoms with Crippen LogP contribution in [-0.2, 0) is 14.3 Å². The fraction of sp³-hybridized carbons (Fsp3) is 0.667. The standard InChI is InChI=1S/C9H15NO6.Fm/c1-9(2,3)16-8(15)10-5(7(13)14)4-6(11)12;/h5H,4H2,1-3H3,(H,10,15)(H,11,12)(H,13,14);. The van der Waals surface area contributed by atoms with Gasteiger partial charge in [0.05, 0.1) is 6.42 Å². The first kappa shape index (κ1) is 16.6. The molecule has 0 aromatic heterocycles. The number of rotatable bonds is 4. The van der Waals surface area contributed by atoms with Crippen LogP contribution in [0.3, 0.4) is 0 Å². The van der Waals surface area contributed by atoms with Crippen LogP contribution < -0.4 is 5.32 Å². The summed E-state index contributed by atoms with van der Waals surface area (Å²) in [6.07, 6.45) is -1.66. The molecule has 0 fully saturated rings. The number of hydrogen-bond donors (Lipinski definition) is 3. The molecular formula is C9H15FmNO6. The molecule has 0 radical (unpaired) electrons. The number of carbonyl (C=O) groups is 3. The molecule has 0 spiro atoms. The van der Waals surface area contributed by atoms with Crippen molar-refractivity contribution in [2.45, 2.75) is 38.8 Å². The third kappa shape index (κ3) is 8.22. The zero-order valence-electron chi connectivity index (χ0n) is 9.60. The second kappa shape index (κ2) is 5.94. The first-order valence-corrected chi connectivity index (χ1v) is 4.56. The first-order chi connectivity index (χ1) is 7.11. The molecule has 0 aromatic rings. The molecule has 0 saturated heterocycles. The van der Waals surface area contributed by atoms with E-state index in [1.807, 2.05) is 5.32 Å². The number of carboxylic acid groups (broad SMARTS) is 2. The molecule has 1 unspecified atom stereocenters. The van der Waals surface area contributed by atoms with Crippen molar-refractivity contribution in [1.82, 2.24) is 5.32 Å². The third-order valence-electron chi connectivity index (χ3n) is 1.37. The van der Waals surface area contributed by atoms with Gasteiger partial charge in [-0.15, -0.1) is 0 Å². The minimum Gasteiger partial charge on any atom is -0.481 e. The number of carbonyl (C=O) groups excluding carboxylic acids is 1. The molecule has 0 saturated carbocycles. The maximum Gasteiger partial charge on any atom is 0.408 e. The third-order valence-corrected chi connectivity index (χ3v) is 1.37. The van der Waals surface area contributed by atoms with Gasteiger partial charge in [0, 0.05) is 0 Å². The maximum atomic E-state index is 11.2. The number of aliphatic carboxylic acids is 2. The Morgan fingerprint density at radius 2 is 1.71 bits per heavy atom. The molecule has 7 nitrogen and oxygen atoms in total. The van der Waals surface area contributed by atoms with E-state index in [9.17, 15) is 14.4 Å². The summed E-state index contributed by atoms with van der Waals surface area (Å²) < 4.78 is 4.79. The van der Waals surface area contributed by atoms with E-state index in [-0.39, 0.29) is 0 Å². The van der Waals surface area contributed by atoms with Crippen LogP contribution in [-0.4, -0.2) is 39.9 Å². The van der Waals surface area contributed by atoms with Crippen LogP contribution >= 0.6 is 0 Å². The number of carboxylic acids is 2. The van der Waals surface area contributed by atoms with Gasteiger partial charge in [0.2, 0.25) is 0 Å². The van der Waals surface area contributed by atoms with Gasteiger partial charge in [-0.1, -0.05) is 0 Å². The molecule has 0 rings (SSSR count). The van der Waals surface area contributed by atoms with Gasteiger partial charge in [0.25, 0.3) is 0 Å². The van der Waals surface area contributed by atoms with Crippen molar-refractivity contribution in [1.29, 1.82) is 0 Å². The smallest absolute Gasteiger partial charge is 0.408 e. The van der Waals surface area contributed by atoms with Gasteiger partial charge in [-0.2, -0.15) is 0 Å². The predicted octanol–water partition coefficient (Wildman–Crippen LogP) is 0.439. The molecule has 0 heterocycles. The molecule has 0 bridgehead atoms. The predicted molar refractivity (Wildman–Crippen MR) is 53.0 cm³/mol. The van der Waals surface area contributed by atoms with E-state index < -0.39 is 36.1 Å². The number of ether oxygens (including phenoxy) is 1. The van der Waals surface area contributed by atoms with Crippen LogP contribution in [0.5, 0.6) is 0 Å². The van der Waals surface area contributed by atoms with Crippen LogP contribution in [0.2, 0.25) is 0 Å². The summed E-state index contributed by atoms with van der Waals surface area (Å²) in [5.74, 6) is -2.74. The van der Waals surface area contributed by atoms with Crippen LogP contribution in [0.4, 0.5) is 4.79 Å². The van der Waals surface area contributed by atoms with E-state index in [1.54, 1.807) is 20.8 Å². The topological polar surface area (TPSA) is 113 Å². The number of hydrogen-bond acceptors (Lipinski definition) is 4. The molecule has 0 aliphatic heterocycles. The normalized spacial score (nSPS) is 11.9. The van der Waals surface area contributed by atoms with Crippen LogP contribution in [0.25, 0.3) is 0 Å². The summed E-state index contributed by atoms with van der Waals surface area (Å²) >= 11 is 0. The van der Waals surface area contributed by atoms with Crippen molar-refractivity contribution in [3.05, 3.63) is 0 Å². The van der Waals surface area contributed by atoms with Gasteiger partial charge < -0.3 is 20.3 Å². The van der Waals surface area contributed by atoms with Crippen LogP contribution in [0.1, 0.15) is 27.2 Å². The largest absolute Gasteiger partial charge is 0.481 e. The van der Waals surface area contributed by atoms with Gasteiger partial charge >= 0.3 is 18.0 Å². The molecule has 0 aliphatic carbocycles. The van der Waals surface area contributed by atoms with Crippen LogP contribution in [0, 0.1) is 0 Å². The van der Waals surface area contributed by atoms with Crippen molar-refractivity contribution in [3.8, 4) is 0 Å². The average molecular weight is 490 g/mol. The SMILES string of the molecule is CC(C)(C)OC(=O)NC(CC(=O)O)C(=O)O.[Fm]. The minimum absolute atomic E-state index is 0. The molecule has 1 amide bonds. The molecular weight excluding hydrogens is 475 g/mol. The Morgan fingerprint density at radius 1 is 1.24 bits per heavy atom. The van der Waals surface area contributed by atoms with Gasteiger partial charge in [-0.05, 0) is 20.8 Å². The van der Waals surface area contributed by atoms with Crippen molar-refractivity contribution < 1.29 is 29.3 Å².